The summed E-state index contributed by atoms with van der Waals surface area (Å²) in [4.78, 5) is 17.4. The second kappa shape index (κ2) is 7.85. The van der Waals surface area contributed by atoms with E-state index in [-0.39, 0.29) is 0 Å². The van der Waals surface area contributed by atoms with E-state index in [1.165, 1.54) is 0 Å². The second-order valence-electron chi connectivity index (χ2n) is 7.56. The summed E-state index contributed by atoms with van der Waals surface area (Å²) in [6, 6.07) is 6.61. The Morgan fingerprint density at radius 3 is 2.67 bits per heavy atom. The lowest BCUT2D eigenvalue weighted by Gasteiger charge is -2.15. The Kier molecular flexibility index (Phi) is 6.07. The third kappa shape index (κ3) is 5.38. The number of rotatable bonds is 7. The largest absolute Gasteiger partial charge is 0.513 e. The topological polar surface area (TPSA) is 54.6 Å². The van der Waals surface area contributed by atoms with E-state index in [1.807, 2.05) is 38.5 Å². The highest BCUT2D eigenvalue weighted by molar-refractivity contribution is 6.76. The van der Waals surface area contributed by atoms with E-state index >= 15 is 0 Å². The standard InChI is InChI=1S/C18H28N2O3Si/c1-20(2)10-9-14-13-19-15-7-6-8-16(17(14)15)23-18(21)22-11-12-24(3,4)5/h6-8,13,19H,9-12H2,1-5H3. The number of hydrogen-bond donors (Lipinski definition) is 1. The number of H-pyrrole nitrogens is 1. The molecule has 0 aliphatic heterocycles. The first-order chi connectivity index (χ1) is 11.3. The molecule has 0 unspecified atom stereocenters. The summed E-state index contributed by atoms with van der Waals surface area (Å²) in [7, 11) is 2.87. The molecular formula is C18H28N2O3Si. The van der Waals surface area contributed by atoms with Crippen molar-refractivity contribution < 1.29 is 14.3 Å². The van der Waals surface area contributed by atoms with Gasteiger partial charge in [-0.1, -0.05) is 25.7 Å². The van der Waals surface area contributed by atoms with Crippen molar-refractivity contribution >= 4 is 25.1 Å². The predicted molar refractivity (Wildman–Crippen MR) is 101 cm³/mol. The monoisotopic (exact) mass is 348 g/mol. The van der Waals surface area contributed by atoms with Crippen LogP contribution in [0.2, 0.25) is 25.7 Å². The van der Waals surface area contributed by atoms with Crippen LogP contribution in [-0.4, -0.2) is 51.4 Å². The van der Waals surface area contributed by atoms with Crippen molar-refractivity contribution in [3.8, 4) is 5.75 Å². The van der Waals surface area contributed by atoms with Gasteiger partial charge in [-0.05, 0) is 44.3 Å². The Bertz CT molecular complexity index is 689. The smallest absolute Gasteiger partial charge is 0.434 e. The number of nitrogens with one attached hydrogen (secondary N) is 1. The molecule has 0 radical (unpaired) electrons. The number of fused-ring (bicyclic) bond motifs is 1. The van der Waals surface area contributed by atoms with Gasteiger partial charge in [0.05, 0.1) is 6.61 Å². The number of ether oxygens (including phenoxy) is 2. The minimum absolute atomic E-state index is 0.422. The molecule has 0 bridgehead atoms. The minimum Gasteiger partial charge on any atom is -0.434 e. The molecule has 2 rings (SSSR count). The number of nitrogens with zero attached hydrogens (tertiary/aromatic N) is 1. The fraction of sp³-hybridized carbons (Fsp3) is 0.500. The highest BCUT2D eigenvalue weighted by Crippen LogP contribution is 2.29. The van der Waals surface area contributed by atoms with Crippen LogP contribution in [0.15, 0.2) is 24.4 Å². The fourth-order valence-corrected chi connectivity index (χ4v) is 3.12. The molecular weight excluding hydrogens is 320 g/mol. The van der Waals surface area contributed by atoms with Gasteiger partial charge in [-0.25, -0.2) is 4.79 Å². The number of carbonyl (C=O) groups is 1. The molecule has 1 aromatic heterocycles. The zero-order chi connectivity index (χ0) is 17.7. The van der Waals surface area contributed by atoms with Crippen molar-refractivity contribution in [3.63, 3.8) is 0 Å². The quantitative estimate of drug-likeness (QED) is 0.464. The van der Waals surface area contributed by atoms with Crippen LogP contribution in [0, 0.1) is 0 Å². The molecule has 2 aromatic rings. The van der Waals surface area contributed by atoms with Crippen molar-refractivity contribution in [2.45, 2.75) is 32.1 Å². The summed E-state index contributed by atoms with van der Waals surface area (Å²) < 4.78 is 10.7. The molecule has 0 saturated carbocycles. The van der Waals surface area contributed by atoms with Gasteiger partial charge < -0.3 is 19.4 Å². The van der Waals surface area contributed by atoms with E-state index in [4.69, 9.17) is 9.47 Å². The first-order valence-electron chi connectivity index (χ1n) is 8.34. The van der Waals surface area contributed by atoms with Gasteiger partial charge in [-0.15, -0.1) is 0 Å². The lowest BCUT2D eigenvalue weighted by Crippen LogP contribution is -2.23. The molecule has 0 atom stereocenters. The molecule has 5 nitrogen and oxygen atoms in total. The Hall–Kier alpha value is -1.79. The molecule has 1 aromatic carbocycles. The number of aromatic amines is 1. The van der Waals surface area contributed by atoms with Gasteiger partial charge in [0.25, 0.3) is 0 Å². The molecule has 0 aliphatic carbocycles. The van der Waals surface area contributed by atoms with Gasteiger partial charge in [0.2, 0.25) is 0 Å². The van der Waals surface area contributed by atoms with Crippen LogP contribution >= 0.6 is 0 Å². The van der Waals surface area contributed by atoms with Crippen LogP contribution in [-0.2, 0) is 11.2 Å². The van der Waals surface area contributed by atoms with Crippen molar-refractivity contribution in [2.24, 2.45) is 0 Å². The first kappa shape index (κ1) is 18.5. The van der Waals surface area contributed by atoms with Crippen LogP contribution in [0.1, 0.15) is 5.56 Å². The molecule has 0 saturated heterocycles. The van der Waals surface area contributed by atoms with Crippen molar-refractivity contribution in [3.05, 3.63) is 30.0 Å². The SMILES string of the molecule is CN(C)CCc1c[nH]c2cccc(OC(=O)OCC[Si](C)(C)C)c12. The first-order valence-corrected chi connectivity index (χ1v) is 12.1. The fourth-order valence-electron chi connectivity index (χ4n) is 2.41. The molecule has 132 valence electrons. The summed E-state index contributed by atoms with van der Waals surface area (Å²) >= 11 is 0. The number of benzene rings is 1. The molecule has 24 heavy (non-hydrogen) atoms. The normalized spacial score (nSPS) is 11.9. The summed E-state index contributed by atoms with van der Waals surface area (Å²) in [5.41, 5.74) is 2.11. The van der Waals surface area contributed by atoms with Crippen molar-refractivity contribution in [2.75, 3.05) is 27.2 Å². The van der Waals surface area contributed by atoms with E-state index in [0.717, 1.165) is 35.5 Å². The summed E-state index contributed by atoms with van der Waals surface area (Å²) in [5.74, 6) is 0.556. The zero-order valence-electron chi connectivity index (χ0n) is 15.3. The van der Waals surface area contributed by atoms with Crippen molar-refractivity contribution in [1.29, 1.82) is 0 Å². The van der Waals surface area contributed by atoms with E-state index in [0.29, 0.717) is 12.4 Å². The Morgan fingerprint density at radius 1 is 1.25 bits per heavy atom. The van der Waals surface area contributed by atoms with Crippen LogP contribution in [0.4, 0.5) is 4.79 Å². The van der Waals surface area contributed by atoms with Gasteiger partial charge in [-0.2, -0.15) is 0 Å². The number of hydrogen-bond acceptors (Lipinski definition) is 4. The van der Waals surface area contributed by atoms with E-state index < -0.39 is 14.2 Å². The molecule has 0 aliphatic rings. The number of aromatic nitrogens is 1. The van der Waals surface area contributed by atoms with E-state index in [9.17, 15) is 4.79 Å². The predicted octanol–water partition coefficient (Wildman–Crippen LogP) is 4.13. The van der Waals surface area contributed by atoms with Crippen LogP contribution < -0.4 is 4.74 Å². The summed E-state index contributed by atoms with van der Waals surface area (Å²) in [5, 5.41) is 0.960. The summed E-state index contributed by atoms with van der Waals surface area (Å²) in [6.07, 6.45) is 2.25. The molecule has 6 heteroatoms. The maximum absolute atomic E-state index is 12.0. The van der Waals surface area contributed by atoms with Gasteiger partial charge in [-0.3, -0.25) is 0 Å². The Balaban J connectivity index is 2.08. The van der Waals surface area contributed by atoms with Gasteiger partial charge in [0.1, 0.15) is 5.75 Å². The number of carbonyl (C=O) groups excluding carboxylic acids is 1. The highest BCUT2D eigenvalue weighted by atomic mass is 28.3. The lowest BCUT2D eigenvalue weighted by atomic mass is 10.1. The molecule has 0 amide bonds. The Labute approximate surface area is 145 Å². The lowest BCUT2D eigenvalue weighted by molar-refractivity contribution is 0.104. The maximum Gasteiger partial charge on any atom is 0.513 e. The minimum atomic E-state index is -1.22. The van der Waals surface area contributed by atoms with Crippen LogP contribution in [0.5, 0.6) is 5.75 Å². The zero-order valence-corrected chi connectivity index (χ0v) is 16.3. The Morgan fingerprint density at radius 2 is 2.00 bits per heavy atom. The number of likely N-dealkylation sites (N-methyl/N-ethyl adjacent to an activating group) is 1. The van der Waals surface area contributed by atoms with Gasteiger partial charge in [0.15, 0.2) is 0 Å². The average molecular weight is 349 g/mol. The van der Waals surface area contributed by atoms with E-state index in [2.05, 4.69) is 29.5 Å². The van der Waals surface area contributed by atoms with Crippen molar-refractivity contribution in [1.82, 2.24) is 9.88 Å². The molecule has 1 heterocycles. The highest BCUT2D eigenvalue weighted by Gasteiger charge is 2.16. The maximum atomic E-state index is 12.0. The van der Waals surface area contributed by atoms with Crippen LogP contribution in [0.3, 0.4) is 0 Å². The van der Waals surface area contributed by atoms with Gasteiger partial charge >= 0.3 is 6.16 Å². The molecule has 0 spiro atoms. The molecule has 0 fully saturated rings. The van der Waals surface area contributed by atoms with Crippen LogP contribution in [0.25, 0.3) is 10.9 Å². The third-order valence-corrected chi connectivity index (χ3v) is 5.55. The third-order valence-electron chi connectivity index (χ3n) is 3.84. The average Bonchev–Trinajstić information content (AvgIpc) is 2.88. The molecule has 1 N–H and O–H groups in total. The van der Waals surface area contributed by atoms with E-state index in [1.54, 1.807) is 0 Å². The summed E-state index contributed by atoms with van der Waals surface area (Å²) in [6.45, 7) is 8.10. The second-order valence-corrected chi connectivity index (χ2v) is 13.2. The van der Waals surface area contributed by atoms with Gasteiger partial charge in [0, 0.05) is 31.7 Å².